The van der Waals surface area contributed by atoms with Crippen LogP contribution in [0.4, 0.5) is 0 Å². The van der Waals surface area contributed by atoms with Gasteiger partial charge < -0.3 is 10.6 Å². The van der Waals surface area contributed by atoms with Gasteiger partial charge in [0.15, 0.2) is 0 Å². The van der Waals surface area contributed by atoms with E-state index < -0.39 is 0 Å². The molecule has 1 saturated heterocycles. The van der Waals surface area contributed by atoms with Crippen LogP contribution >= 0.6 is 0 Å². The lowest BCUT2D eigenvalue weighted by molar-refractivity contribution is 0.0253. The van der Waals surface area contributed by atoms with Crippen LogP contribution in [0, 0.1) is 0 Å². The summed E-state index contributed by atoms with van der Waals surface area (Å²) < 4.78 is 0. The molecule has 2 atom stereocenters. The van der Waals surface area contributed by atoms with E-state index in [0.29, 0.717) is 6.04 Å². The topological polar surface area (TPSA) is 32.5 Å². The van der Waals surface area contributed by atoms with Crippen molar-refractivity contribution in [1.82, 2.24) is 9.80 Å². The quantitative estimate of drug-likeness (QED) is 0.758. The summed E-state index contributed by atoms with van der Waals surface area (Å²) in [6.07, 6.45) is 7.67. The Labute approximate surface area is 114 Å². The third kappa shape index (κ3) is 3.69. The first-order valence-electron chi connectivity index (χ1n) is 7.71. The van der Waals surface area contributed by atoms with Gasteiger partial charge in [-0.05, 0) is 46.3 Å². The van der Waals surface area contributed by atoms with Crippen LogP contribution in [0.5, 0.6) is 0 Å². The van der Waals surface area contributed by atoms with E-state index in [1.807, 2.05) is 0 Å². The number of likely N-dealkylation sites (tertiary alicyclic amines) is 1. The lowest BCUT2D eigenvalue weighted by atomic mass is 9.85. The molecule has 0 radical (unpaired) electrons. The number of hydrogen-bond acceptors (Lipinski definition) is 3. The zero-order valence-electron chi connectivity index (χ0n) is 12.9. The van der Waals surface area contributed by atoms with Gasteiger partial charge in [-0.1, -0.05) is 26.7 Å². The lowest BCUT2D eigenvalue weighted by Gasteiger charge is -2.48. The fourth-order valence-corrected chi connectivity index (χ4v) is 3.25. The van der Waals surface area contributed by atoms with Gasteiger partial charge in [0.05, 0.1) is 0 Å². The largest absolute Gasteiger partial charge is 0.329 e. The molecule has 1 aliphatic rings. The number of hydrogen-bond donors (Lipinski definition) is 1. The maximum absolute atomic E-state index is 6.16. The molecular weight excluding hydrogens is 222 g/mol. The molecule has 3 nitrogen and oxygen atoms in total. The van der Waals surface area contributed by atoms with Gasteiger partial charge in [0.1, 0.15) is 0 Å². The zero-order valence-corrected chi connectivity index (χ0v) is 12.9. The maximum atomic E-state index is 6.16. The van der Waals surface area contributed by atoms with E-state index >= 15 is 0 Å². The normalized spacial score (nSPS) is 25.3. The molecular formula is C15H33N3. The summed E-state index contributed by atoms with van der Waals surface area (Å²) >= 11 is 0. The molecule has 0 aromatic carbocycles. The summed E-state index contributed by atoms with van der Waals surface area (Å²) in [6.45, 7) is 7.82. The number of piperidine rings is 1. The smallest absolute Gasteiger partial charge is 0.0329 e. The Bertz CT molecular complexity index is 224. The summed E-state index contributed by atoms with van der Waals surface area (Å²) in [7, 11) is 4.41. The lowest BCUT2D eigenvalue weighted by Crippen LogP contribution is -2.59. The Balaban J connectivity index is 2.71. The summed E-state index contributed by atoms with van der Waals surface area (Å²) in [6, 6.07) is 0.706. The van der Waals surface area contributed by atoms with Gasteiger partial charge in [-0.3, -0.25) is 4.90 Å². The van der Waals surface area contributed by atoms with Crippen molar-refractivity contribution in [3.63, 3.8) is 0 Å². The Morgan fingerprint density at radius 2 is 2.06 bits per heavy atom. The fourth-order valence-electron chi connectivity index (χ4n) is 3.25. The molecule has 2 N–H and O–H groups in total. The molecule has 2 unspecified atom stereocenters. The second kappa shape index (κ2) is 7.46. The molecule has 18 heavy (non-hydrogen) atoms. The van der Waals surface area contributed by atoms with E-state index in [2.05, 4.69) is 37.7 Å². The zero-order chi connectivity index (χ0) is 13.6. The van der Waals surface area contributed by atoms with Gasteiger partial charge in [0, 0.05) is 24.7 Å². The van der Waals surface area contributed by atoms with Crippen LogP contribution in [-0.2, 0) is 0 Å². The summed E-state index contributed by atoms with van der Waals surface area (Å²) in [4.78, 5) is 5.07. The third-order valence-corrected chi connectivity index (χ3v) is 4.83. The first-order chi connectivity index (χ1) is 8.59. The number of unbranched alkanes of at least 4 members (excludes halogenated alkanes) is 1. The monoisotopic (exact) mass is 255 g/mol. The molecule has 1 heterocycles. The van der Waals surface area contributed by atoms with Crippen LogP contribution in [0.1, 0.15) is 52.4 Å². The highest BCUT2D eigenvalue weighted by Gasteiger charge is 2.36. The Morgan fingerprint density at radius 3 is 2.56 bits per heavy atom. The van der Waals surface area contributed by atoms with Gasteiger partial charge >= 0.3 is 0 Å². The van der Waals surface area contributed by atoms with E-state index in [1.54, 1.807) is 0 Å². The number of rotatable bonds is 7. The molecule has 0 bridgehead atoms. The molecule has 1 aliphatic heterocycles. The van der Waals surface area contributed by atoms with Gasteiger partial charge in [0.25, 0.3) is 0 Å². The van der Waals surface area contributed by atoms with Crippen molar-refractivity contribution in [2.24, 2.45) is 5.73 Å². The van der Waals surface area contributed by atoms with E-state index in [1.165, 1.54) is 51.6 Å². The Kier molecular flexibility index (Phi) is 6.61. The molecule has 1 fully saturated rings. The second-order valence-electron chi connectivity index (χ2n) is 6.09. The van der Waals surface area contributed by atoms with E-state index in [0.717, 1.165) is 6.54 Å². The van der Waals surface area contributed by atoms with Crippen LogP contribution < -0.4 is 5.73 Å². The van der Waals surface area contributed by atoms with Crippen molar-refractivity contribution in [2.45, 2.75) is 64.0 Å². The summed E-state index contributed by atoms with van der Waals surface area (Å²) in [5, 5.41) is 0. The van der Waals surface area contributed by atoms with Crippen LogP contribution in [0.25, 0.3) is 0 Å². The van der Waals surface area contributed by atoms with E-state index in [9.17, 15) is 0 Å². The van der Waals surface area contributed by atoms with Crippen molar-refractivity contribution in [2.75, 3.05) is 33.7 Å². The minimum absolute atomic E-state index is 0.255. The minimum Gasteiger partial charge on any atom is -0.329 e. The highest BCUT2D eigenvalue weighted by molar-refractivity contribution is 4.94. The molecule has 108 valence electrons. The van der Waals surface area contributed by atoms with Crippen LogP contribution in [0.15, 0.2) is 0 Å². The van der Waals surface area contributed by atoms with Gasteiger partial charge in [-0.15, -0.1) is 0 Å². The minimum atomic E-state index is 0.255. The molecule has 0 aromatic rings. The molecule has 1 rings (SSSR count). The standard InChI is InChI=1S/C15H33N3/c1-5-7-10-15(6-2,13-16)18-11-8-9-14(12-18)17(3)4/h14H,5-13,16H2,1-4H3. The molecule has 0 aromatic heterocycles. The predicted molar refractivity (Wildman–Crippen MR) is 79.9 cm³/mol. The fraction of sp³-hybridized carbons (Fsp3) is 1.00. The Hall–Kier alpha value is -0.120. The first-order valence-corrected chi connectivity index (χ1v) is 7.71. The number of nitrogens with two attached hydrogens (primary N) is 1. The van der Waals surface area contributed by atoms with E-state index in [4.69, 9.17) is 5.73 Å². The second-order valence-corrected chi connectivity index (χ2v) is 6.09. The Morgan fingerprint density at radius 1 is 1.33 bits per heavy atom. The van der Waals surface area contributed by atoms with Gasteiger partial charge in [0.2, 0.25) is 0 Å². The number of likely N-dealkylation sites (N-methyl/N-ethyl adjacent to an activating group) is 1. The predicted octanol–water partition coefficient (Wildman–Crippen LogP) is 2.31. The molecule has 3 heteroatoms. The van der Waals surface area contributed by atoms with Crippen LogP contribution in [-0.4, -0.2) is 55.1 Å². The third-order valence-electron chi connectivity index (χ3n) is 4.83. The number of nitrogens with zero attached hydrogens (tertiary/aromatic N) is 2. The van der Waals surface area contributed by atoms with Crippen molar-refractivity contribution in [1.29, 1.82) is 0 Å². The highest BCUT2D eigenvalue weighted by atomic mass is 15.3. The highest BCUT2D eigenvalue weighted by Crippen LogP contribution is 2.29. The van der Waals surface area contributed by atoms with Crippen molar-refractivity contribution in [3.05, 3.63) is 0 Å². The first kappa shape index (κ1) is 15.9. The van der Waals surface area contributed by atoms with E-state index in [-0.39, 0.29) is 5.54 Å². The molecule has 0 amide bonds. The molecule has 0 saturated carbocycles. The molecule has 0 spiro atoms. The average molecular weight is 255 g/mol. The maximum Gasteiger partial charge on any atom is 0.0329 e. The van der Waals surface area contributed by atoms with Crippen LogP contribution in [0.3, 0.4) is 0 Å². The van der Waals surface area contributed by atoms with Gasteiger partial charge in [-0.2, -0.15) is 0 Å². The summed E-state index contributed by atoms with van der Waals surface area (Å²) in [5.41, 5.74) is 6.41. The molecule has 0 aliphatic carbocycles. The van der Waals surface area contributed by atoms with Crippen molar-refractivity contribution in [3.8, 4) is 0 Å². The van der Waals surface area contributed by atoms with Crippen molar-refractivity contribution < 1.29 is 0 Å². The summed E-state index contributed by atoms with van der Waals surface area (Å²) in [5.74, 6) is 0. The van der Waals surface area contributed by atoms with Gasteiger partial charge in [-0.25, -0.2) is 0 Å². The van der Waals surface area contributed by atoms with Crippen LogP contribution in [0.2, 0.25) is 0 Å². The average Bonchev–Trinajstić information content (AvgIpc) is 2.41. The van der Waals surface area contributed by atoms with Crippen molar-refractivity contribution >= 4 is 0 Å². The SMILES string of the molecule is CCCCC(CC)(CN)N1CCCC(N(C)C)C1.